The van der Waals surface area contributed by atoms with Crippen LogP contribution in [-0.4, -0.2) is 15.0 Å². The summed E-state index contributed by atoms with van der Waals surface area (Å²) >= 11 is 6.13. The molecular weight excluding hydrogens is 248 g/mol. The molecule has 5 heteroatoms. The fraction of sp³-hybridized carbons (Fsp3) is 0.308. The van der Waals surface area contributed by atoms with Gasteiger partial charge >= 0.3 is 0 Å². The Bertz CT molecular complexity index is 649. The highest BCUT2D eigenvalue weighted by molar-refractivity contribution is 6.31. The summed E-state index contributed by atoms with van der Waals surface area (Å²) in [6.45, 7) is 1.95. The van der Waals surface area contributed by atoms with E-state index in [4.69, 9.17) is 16.9 Å². The van der Waals surface area contributed by atoms with Gasteiger partial charge in [0.15, 0.2) is 5.69 Å². The minimum atomic E-state index is 0.410. The average molecular weight is 259 g/mol. The number of rotatable bonds is 2. The maximum absolute atomic E-state index is 9.09. The maximum Gasteiger partial charge on any atom is 0.186 e. The van der Waals surface area contributed by atoms with E-state index < -0.39 is 0 Å². The number of halogens is 1. The molecule has 0 radical (unpaired) electrons. The van der Waals surface area contributed by atoms with E-state index in [1.807, 2.05) is 25.1 Å². The van der Waals surface area contributed by atoms with Gasteiger partial charge in [-0.3, -0.25) is 0 Å². The molecule has 0 aliphatic heterocycles. The third kappa shape index (κ3) is 1.68. The van der Waals surface area contributed by atoms with Crippen LogP contribution in [0.3, 0.4) is 0 Å². The Balaban J connectivity index is 2.20. The van der Waals surface area contributed by atoms with Gasteiger partial charge in [0.25, 0.3) is 0 Å². The summed E-state index contributed by atoms with van der Waals surface area (Å²) < 4.78 is 1.76. The summed E-state index contributed by atoms with van der Waals surface area (Å²) in [6, 6.07) is 7.79. The van der Waals surface area contributed by atoms with Crippen molar-refractivity contribution in [1.29, 1.82) is 5.26 Å². The minimum Gasteiger partial charge on any atom is -0.216 e. The summed E-state index contributed by atoms with van der Waals surface area (Å²) in [5.41, 5.74) is 3.20. The van der Waals surface area contributed by atoms with Gasteiger partial charge in [0.05, 0.1) is 11.4 Å². The van der Waals surface area contributed by atoms with Crippen molar-refractivity contribution in [2.75, 3.05) is 0 Å². The summed E-state index contributed by atoms with van der Waals surface area (Å²) in [7, 11) is 0. The third-order valence-corrected chi connectivity index (χ3v) is 3.65. The van der Waals surface area contributed by atoms with Gasteiger partial charge in [0, 0.05) is 10.9 Å². The Labute approximate surface area is 110 Å². The quantitative estimate of drug-likeness (QED) is 0.832. The van der Waals surface area contributed by atoms with Crippen LogP contribution in [0.15, 0.2) is 18.2 Å². The Morgan fingerprint density at radius 1 is 1.44 bits per heavy atom. The second-order valence-corrected chi connectivity index (χ2v) is 4.91. The lowest BCUT2D eigenvalue weighted by Gasteiger charge is -2.09. The molecule has 90 valence electrons. The summed E-state index contributed by atoms with van der Waals surface area (Å²) in [4.78, 5) is 0. The molecular formula is C13H11ClN4. The molecule has 1 fully saturated rings. The van der Waals surface area contributed by atoms with E-state index >= 15 is 0 Å². The molecule has 0 spiro atoms. The molecule has 1 heterocycles. The Morgan fingerprint density at radius 2 is 2.22 bits per heavy atom. The van der Waals surface area contributed by atoms with Gasteiger partial charge in [-0.2, -0.15) is 5.26 Å². The first-order valence-electron chi connectivity index (χ1n) is 5.83. The van der Waals surface area contributed by atoms with E-state index in [2.05, 4.69) is 16.4 Å². The van der Waals surface area contributed by atoms with Crippen LogP contribution in [0.5, 0.6) is 0 Å². The SMILES string of the molecule is Cc1c(Cl)cccc1-n1nnc(C#N)c1C1CC1. The zero-order valence-electron chi connectivity index (χ0n) is 9.89. The highest BCUT2D eigenvalue weighted by atomic mass is 35.5. The number of nitriles is 1. The van der Waals surface area contributed by atoms with Gasteiger partial charge < -0.3 is 0 Å². The Hall–Kier alpha value is -1.86. The smallest absolute Gasteiger partial charge is 0.186 e. The third-order valence-electron chi connectivity index (χ3n) is 3.24. The second kappa shape index (κ2) is 4.11. The normalized spacial score (nSPS) is 14.5. The predicted octanol–water partition coefficient (Wildman–Crippen LogP) is 2.98. The van der Waals surface area contributed by atoms with E-state index in [1.165, 1.54) is 0 Å². The van der Waals surface area contributed by atoms with Crippen LogP contribution in [0.4, 0.5) is 0 Å². The van der Waals surface area contributed by atoms with Gasteiger partial charge in [-0.05, 0) is 37.5 Å². The first-order chi connectivity index (χ1) is 8.72. The van der Waals surface area contributed by atoms with Gasteiger partial charge in [0.1, 0.15) is 6.07 Å². The topological polar surface area (TPSA) is 54.5 Å². The number of hydrogen-bond acceptors (Lipinski definition) is 3. The first-order valence-corrected chi connectivity index (χ1v) is 6.21. The molecule has 2 aromatic rings. The largest absolute Gasteiger partial charge is 0.216 e. The standard InChI is InChI=1S/C13H11ClN4/c1-8-10(14)3-2-4-12(8)18-13(9-5-6-9)11(7-15)16-17-18/h2-4,9H,5-6H2,1H3. The van der Waals surface area contributed by atoms with Crippen LogP contribution in [-0.2, 0) is 0 Å². The molecule has 0 atom stereocenters. The van der Waals surface area contributed by atoms with Crippen molar-refractivity contribution in [2.24, 2.45) is 0 Å². The molecule has 1 saturated carbocycles. The Morgan fingerprint density at radius 3 is 2.89 bits per heavy atom. The van der Waals surface area contributed by atoms with Crippen molar-refractivity contribution in [3.63, 3.8) is 0 Å². The number of benzene rings is 1. The van der Waals surface area contributed by atoms with Crippen LogP contribution in [0.1, 0.15) is 35.7 Å². The molecule has 1 aromatic heterocycles. The van der Waals surface area contributed by atoms with Gasteiger partial charge in [-0.1, -0.05) is 22.9 Å². The highest BCUT2D eigenvalue weighted by Gasteiger charge is 2.32. The summed E-state index contributed by atoms with van der Waals surface area (Å²) in [6.07, 6.45) is 2.20. The monoisotopic (exact) mass is 258 g/mol. The van der Waals surface area contributed by atoms with Crippen molar-refractivity contribution < 1.29 is 0 Å². The van der Waals surface area contributed by atoms with Crippen LogP contribution in [0.25, 0.3) is 5.69 Å². The molecule has 0 amide bonds. The lowest BCUT2D eigenvalue weighted by Crippen LogP contribution is -2.04. The summed E-state index contributed by atoms with van der Waals surface area (Å²) in [5.74, 6) is 0.410. The summed E-state index contributed by atoms with van der Waals surface area (Å²) in [5, 5.41) is 17.8. The van der Waals surface area contributed by atoms with Crippen LogP contribution < -0.4 is 0 Å². The molecule has 1 aliphatic rings. The molecule has 18 heavy (non-hydrogen) atoms. The molecule has 1 aromatic carbocycles. The molecule has 0 bridgehead atoms. The fourth-order valence-electron chi connectivity index (χ4n) is 2.10. The van der Waals surface area contributed by atoms with E-state index in [9.17, 15) is 0 Å². The van der Waals surface area contributed by atoms with Crippen molar-refractivity contribution in [3.05, 3.63) is 40.2 Å². The lowest BCUT2D eigenvalue weighted by atomic mass is 10.1. The van der Waals surface area contributed by atoms with Gasteiger partial charge in [-0.15, -0.1) is 5.10 Å². The van der Waals surface area contributed by atoms with Crippen LogP contribution in [0, 0.1) is 18.3 Å². The maximum atomic E-state index is 9.09. The van der Waals surface area contributed by atoms with Gasteiger partial charge in [-0.25, -0.2) is 4.68 Å². The molecule has 0 saturated heterocycles. The fourth-order valence-corrected chi connectivity index (χ4v) is 2.26. The van der Waals surface area contributed by atoms with Crippen molar-refractivity contribution >= 4 is 11.6 Å². The number of hydrogen-bond donors (Lipinski definition) is 0. The van der Waals surface area contributed by atoms with Crippen LogP contribution >= 0.6 is 11.6 Å². The van der Waals surface area contributed by atoms with Gasteiger partial charge in [0.2, 0.25) is 0 Å². The first kappa shape index (κ1) is 11.2. The van der Waals surface area contributed by atoms with E-state index in [-0.39, 0.29) is 0 Å². The van der Waals surface area contributed by atoms with Crippen LogP contribution in [0.2, 0.25) is 5.02 Å². The number of aromatic nitrogens is 3. The van der Waals surface area contributed by atoms with E-state index in [1.54, 1.807) is 4.68 Å². The molecule has 4 nitrogen and oxygen atoms in total. The number of nitrogens with zero attached hydrogens (tertiary/aromatic N) is 4. The van der Waals surface area contributed by atoms with Crippen molar-refractivity contribution in [1.82, 2.24) is 15.0 Å². The zero-order chi connectivity index (χ0) is 12.7. The zero-order valence-corrected chi connectivity index (χ0v) is 10.6. The predicted molar refractivity (Wildman–Crippen MR) is 67.8 cm³/mol. The van der Waals surface area contributed by atoms with E-state index in [0.717, 1.165) is 29.8 Å². The minimum absolute atomic E-state index is 0.410. The van der Waals surface area contributed by atoms with Crippen molar-refractivity contribution in [2.45, 2.75) is 25.7 Å². The Kier molecular flexibility index (Phi) is 2.57. The molecule has 3 rings (SSSR count). The van der Waals surface area contributed by atoms with Crippen molar-refractivity contribution in [3.8, 4) is 11.8 Å². The average Bonchev–Trinajstić information content (AvgIpc) is 3.12. The lowest BCUT2D eigenvalue weighted by molar-refractivity contribution is 0.759. The highest BCUT2D eigenvalue weighted by Crippen LogP contribution is 2.42. The molecule has 0 unspecified atom stereocenters. The molecule has 0 N–H and O–H groups in total. The second-order valence-electron chi connectivity index (χ2n) is 4.51. The molecule has 1 aliphatic carbocycles. The van der Waals surface area contributed by atoms with E-state index in [0.29, 0.717) is 16.6 Å².